The van der Waals surface area contributed by atoms with Crippen LogP contribution in [0, 0.1) is 5.92 Å². The van der Waals surface area contributed by atoms with Gasteiger partial charge in [-0.3, -0.25) is 0 Å². The van der Waals surface area contributed by atoms with Crippen molar-refractivity contribution in [2.24, 2.45) is 5.92 Å². The van der Waals surface area contributed by atoms with Crippen LogP contribution in [0.4, 0.5) is 0 Å². The van der Waals surface area contributed by atoms with Crippen molar-refractivity contribution in [3.05, 3.63) is 29.8 Å². The van der Waals surface area contributed by atoms with Crippen molar-refractivity contribution in [1.82, 2.24) is 15.6 Å². The van der Waals surface area contributed by atoms with E-state index in [2.05, 4.69) is 32.4 Å². The maximum atomic E-state index is 4.68. The van der Waals surface area contributed by atoms with Crippen LogP contribution in [0.1, 0.15) is 18.4 Å². The fourth-order valence-corrected chi connectivity index (χ4v) is 2.19. The van der Waals surface area contributed by atoms with Crippen molar-refractivity contribution in [3.63, 3.8) is 0 Å². The Labute approximate surface area is 99.7 Å². The van der Waals surface area contributed by atoms with Gasteiger partial charge in [-0.1, -0.05) is 18.2 Å². The lowest BCUT2D eigenvalue weighted by Gasteiger charge is -2.19. The number of hydrogen-bond acceptors (Lipinski definition) is 4. The SMILES string of the molecule is C(=CC1CCNCC1)c1ccc2nonc2c1. The minimum absolute atomic E-state index is 0.697. The van der Waals surface area contributed by atoms with E-state index in [0.717, 1.165) is 29.7 Å². The smallest absolute Gasteiger partial charge is 0.135 e. The molecule has 1 saturated heterocycles. The molecule has 17 heavy (non-hydrogen) atoms. The molecule has 0 saturated carbocycles. The molecule has 1 aromatic carbocycles. The standard InChI is InChI=1S/C13H15N3O/c1(10-5-7-14-8-6-10)2-11-3-4-12-13(9-11)16-17-15-12/h1-4,9-10,14H,5-8H2. The summed E-state index contributed by atoms with van der Waals surface area (Å²) < 4.78 is 4.68. The second-order valence-corrected chi connectivity index (χ2v) is 4.46. The van der Waals surface area contributed by atoms with Crippen molar-refractivity contribution in [3.8, 4) is 0 Å². The molecule has 0 amide bonds. The molecule has 0 spiro atoms. The fraction of sp³-hybridized carbons (Fsp3) is 0.385. The molecule has 1 aliphatic rings. The van der Waals surface area contributed by atoms with Crippen molar-refractivity contribution in [2.45, 2.75) is 12.8 Å². The van der Waals surface area contributed by atoms with Crippen LogP contribution in [0.25, 0.3) is 17.1 Å². The quantitative estimate of drug-likeness (QED) is 0.858. The largest absolute Gasteiger partial charge is 0.317 e. The van der Waals surface area contributed by atoms with Gasteiger partial charge in [0, 0.05) is 0 Å². The Balaban J connectivity index is 1.76. The maximum absolute atomic E-state index is 4.68. The molecule has 0 unspecified atom stereocenters. The van der Waals surface area contributed by atoms with Gasteiger partial charge in [0.15, 0.2) is 0 Å². The van der Waals surface area contributed by atoms with Gasteiger partial charge in [-0.2, -0.15) is 0 Å². The molecule has 2 heterocycles. The first kappa shape index (κ1) is 10.5. The Morgan fingerprint density at radius 2 is 2.00 bits per heavy atom. The number of fused-ring (bicyclic) bond motifs is 1. The van der Waals surface area contributed by atoms with E-state index in [9.17, 15) is 0 Å². The average molecular weight is 229 g/mol. The molecule has 4 nitrogen and oxygen atoms in total. The molecule has 88 valence electrons. The Morgan fingerprint density at radius 3 is 2.88 bits per heavy atom. The van der Waals surface area contributed by atoms with Crippen molar-refractivity contribution in [1.29, 1.82) is 0 Å². The summed E-state index contributed by atoms with van der Waals surface area (Å²) in [7, 11) is 0. The van der Waals surface area contributed by atoms with E-state index in [-0.39, 0.29) is 0 Å². The van der Waals surface area contributed by atoms with Crippen LogP contribution in [0.15, 0.2) is 28.9 Å². The molecular formula is C13H15N3O. The number of piperidine rings is 1. The van der Waals surface area contributed by atoms with Crippen LogP contribution in [-0.2, 0) is 0 Å². The van der Waals surface area contributed by atoms with Gasteiger partial charge in [-0.05, 0) is 59.9 Å². The second kappa shape index (κ2) is 4.67. The maximum Gasteiger partial charge on any atom is 0.135 e. The highest BCUT2D eigenvalue weighted by atomic mass is 16.6. The lowest BCUT2D eigenvalue weighted by molar-refractivity contribution is 0.315. The van der Waals surface area contributed by atoms with Gasteiger partial charge >= 0.3 is 0 Å². The summed E-state index contributed by atoms with van der Waals surface area (Å²) in [5, 5.41) is 11.0. The summed E-state index contributed by atoms with van der Waals surface area (Å²) in [6, 6.07) is 5.99. The predicted molar refractivity (Wildman–Crippen MR) is 66.4 cm³/mol. The van der Waals surface area contributed by atoms with E-state index in [0.29, 0.717) is 5.92 Å². The third kappa shape index (κ3) is 2.36. The van der Waals surface area contributed by atoms with E-state index in [1.165, 1.54) is 12.8 Å². The fourth-order valence-electron chi connectivity index (χ4n) is 2.19. The molecule has 1 N–H and O–H groups in total. The van der Waals surface area contributed by atoms with E-state index >= 15 is 0 Å². The third-order valence-electron chi connectivity index (χ3n) is 3.22. The predicted octanol–water partition coefficient (Wildman–Crippen LogP) is 2.24. The van der Waals surface area contributed by atoms with E-state index < -0.39 is 0 Å². The summed E-state index contributed by atoms with van der Waals surface area (Å²) in [5.41, 5.74) is 2.79. The first-order valence-electron chi connectivity index (χ1n) is 6.03. The number of benzene rings is 1. The van der Waals surface area contributed by atoms with Gasteiger partial charge in [-0.25, -0.2) is 4.63 Å². The van der Waals surface area contributed by atoms with Crippen LogP contribution in [0.2, 0.25) is 0 Å². The van der Waals surface area contributed by atoms with Crippen LogP contribution in [0.5, 0.6) is 0 Å². The number of nitrogens with zero attached hydrogens (tertiary/aromatic N) is 2. The number of allylic oxidation sites excluding steroid dienone is 1. The summed E-state index contributed by atoms with van der Waals surface area (Å²) in [4.78, 5) is 0. The van der Waals surface area contributed by atoms with Gasteiger partial charge < -0.3 is 5.32 Å². The van der Waals surface area contributed by atoms with Crippen LogP contribution >= 0.6 is 0 Å². The zero-order chi connectivity index (χ0) is 11.5. The minimum atomic E-state index is 0.697. The Bertz CT molecular complexity index is 526. The third-order valence-corrected chi connectivity index (χ3v) is 3.22. The van der Waals surface area contributed by atoms with E-state index in [4.69, 9.17) is 0 Å². The van der Waals surface area contributed by atoms with E-state index in [1.807, 2.05) is 18.2 Å². The molecule has 0 atom stereocenters. The van der Waals surface area contributed by atoms with Crippen molar-refractivity contribution >= 4 is 17.1 Å². The minimum Gasteiger partial charge on any atom is -0.317 e. The molecule has 1 aliphatic heterocycles. The summed E-state index contributed by atoms with van der Waals surface area (Å²) >= 11 is 0. The molecule has 0 radical (unpaired) electrons. The molecule has 0 bridgehead atoms. The molecule has 3 rings (SSSR count). The zero-order valence-electron chi connectivity index (χ0n) is 9.60. The Morgan fingerprint density at radius 1 is 1.18 bits per heavy atom. The second-order valence-electron chi connectivity index (χ2n) is 4.46. The average Bonchev–Trinajstić information content (AvgIpc) is 2.85. The number of aromatic nitrogens is 2. The van der Waals surface area contributed by atoms with Crippen LogP contribution < -0.4 is 5.32 Å². The van der Waals surface area contributed by atoms with Gasteiger partial charge in [-0.15, -0.1) is 0 Å². The van der Waals surface area contributed by atoms with Crippen molar-refractivity contribution in [2.75, 3.05) is 13.1 Å². The summed E-state index contributed by atoms with van der Waals surface area (Å²) in [6.07, 6.45) is 6.92. The lowest BCUT2D eigenvalue weighted by atomic mass is 9.97. The van der Waals surface area contributed by atoms with Crippen LogP contribution in [-0.4, -0.2) is 23.4 Å². The molecule has 1 aromatic heterocycles. The highest BCUT2D eigenvalue weighted by Crippen LogP contribution is 2.17. The summed E-state index contributed by atoms with van der Waals surface area (Å²) in [5.74, 6) is 0.697. The zero-order valence-corrected chi connectivity index (χ0v) is 9.60. The molecular weight excluding hydrogens is 214 g/mol. The topological polar surface area (TPSA) is 51.0 Å². The number of nitrogens with one attached hydrogen (secondary N) is 1. The van der Waals surface area contributed by atoms with Gasteiger partial charge in [0.2, 0.25) is 0 Å². The van der Waals surface area contributed by atoms with Gasteiger partial charge in [0.25, 0.3) is 0 Å². The normalized spacial score (nSPS) is 18.1. The first-order valence-corrected chi connectivity index (χ1v) is 6.03. The van der Waals surface area contributed by atoms with E-state index in [1.54, 1.807) is 0 Å². The monoisotopic (exact) mass is 229 g/mol. The molecule has 4 heteroatoms. The Hall–Kier alpha value is -1.68. The van der Waals surface area contributed by atoms with Gasteiger partial charge in [0.1, 0.15) is 11.0 Å². The van der Waals surface area contributed by atoms with Gasteiger partial charge in [0.05, 0.1) is 0 Å². The molecule has 0 aliphatic carbocycles. The molecule has 2 aromatic rings. The highest BCUT2D eigenvalue weighted by Gasteiger charge is 2.09. The highest BCUT2D eigenvalue weighted by molar-refractivity contribution is 5.76. The van der Waals surface area contributed by atoms with Crippen molar-refractivity contribution < 1.29 is 4.63 Å². The molecule has 1 fully saturated rings. The van der Waals surface area contributed by atoms with Crippen LogP contribution in [0.3, 0.4) is 0 Å². The summed E-state index contributed by atoms with van der Waals surface area (Å²) in [6.45, 7) is 2.25. The number of rotatable bonds is 2. The Kier molecular flexibility index (Phi) is 2.88. The lowest BCUT2D eigenvalue weighted by Crippen LogP contribution is -2.26. The number of hydrogen-bond donors (Lipinski definition) is 1. The first-order chi connectivity index (χ1) is 8.42.